The minimum atomic E-state index is -1.20. The number of aliphatic hydroxyl groups is 2. The van der Waals surface area contributed by atoms with Crippen LogP contribution in [0.2, 0.25) is 0 Å². The molecule has 3 heterocycles. The van der Waals surface area contributed by atoms with E-state index in [1.807, 2.05) is 0 Å². The van der Waals surface area contributed by atoms with Gasteiger partial charge in [-0.15, -0.1) is 0 Å². The van der Waals surface area contributed by atoms with Crippen LogP contribution in [0.25, 0.3) is 0 Å². The summed E-state index contributed by atoms with van der Waals surface area (Å²) in [5, 5.41) is 19.4. The first-order valence-corrected chi connectivity index (χ1v) is 6.66. The van der Waals surface area contributed by atoms with Crippen molar-refractivity contribution in [2.75, 3.05) is 13.2 Å². The monoisotopic (exact) mass is 382 g/mol. The molecule has 2 saturated heterocycles. The fourth-order valence-electron chi connectivity index (χ4n) is 2.40. The van der Waals surface area contributed by atoms with E-state index >= 15 is 0 Å². The van der Waals surface area contributed by atoms with Gasteiger partial charge in [-0.1, -0.05) is 0 Å². The first-order chi connectivity index (χ1) is 8.98. The van der Waals surface area contributed by atoms with Gasteiger partial charge in [0.2, 0.25) is 0 Å². The maximum Gasteiger partial charge on any atom is 0.330 e. The lowest BCUT2D eigenvalue weighted by molar-refractivity contribution is -0.187. The van der Waals surface area contributed by atoms with Crippen LogP contribution < -0.4 is 11.2 Å². The molecule has 0 radical (unpaired) electrons. The number of nitrogens with one attached hydrogen (secondary N) is 1. The van der Waals surface area contributed by atoms with E-state index in [1.54, 1.807) is 22.6 Å². The minimum Gasteiger partial charge on any atom is -0.393 e. The Labute approximate surface area is 120 Å². The highest BCUT2D eigenvalue weighted by Gasteiger charge is 2.61. The Morgan fingerprint density at radius 2 is 2.32 bits per heavy atom. The number of H-pyrrole nitrogens is 1. The van der Waals surface area contributed by atoms with Crippen molar-refractivity contribution in [3.63, 3.8) is 0 Å². The van der Waals surface area contributed by atoms with Crippen LogP contribution in [-0.2, 0) is 9.47 Å². The highest BCUT2D eigenvalue weighted by atomic mass is 127. The predicted molar refractivity (Wildman–Crippen MR) is 69.7 cm³/mol. The molecule has 1 aromatic rings. The Kier molecular flexibility index (Phi) is 3.05. The van der Waals surface area contributed by atoms with Gasteiger partial charge in [0.1, 0.15) is 17.8 Å². The van der Waals surface area contributed by atoms with Crippen molar-refractivity contribution < 1.29 is 19.7 Å². The quantitative estimate of drug-likeness (QED) is 0.519. The van der Waals surface area contributed by atoms with Gasteiger partial charge in [0, 0.05) is 6.20 Å². The highest BCUT2D eigenvalue weighted by Crippen LogP contribution is 2.44. The zero-order valence-electron chi connectivity index (χ0n) is 9.58. The van der Waals surface area contributed by atoms with E-state index in [2.05, 4.69) is 4.98 Å². The molecule has 0 spiro atoms. The molecule has 1 aromatic heterocycles. The topological polar surface area (TPSA) is 114 Å². The van der Waals surface area contributed by atoms with Crippen LogP contribution in [0.4, 0.5) is 0 Å². The molecule has 3 rings (SSSR count). The number of aliphatic hydroxyl groups excluding tert-OH is 2. The van der Waals surface area contributed by atoms with Crippen molar-refractivity contribution in [1.29, 1.82) is 0 Å². The van der Waals surface area contributed by atoms with Crippen molar-refractivity contribution in [1.82, 2.24) is 9.55 Å². The number of ether oxygens (including phenoxy) is 2. The third-order valence-corrected chi connectivity index (χ3v) is 4.24. The number of hydrogen-bond acceptors (Lipinski definition) is 6. The molecule has 0 aromatic carbocycles. The summed E-state index contributed by atoms with van der Waals surface area (Å²) in [6.45, 7) is -0.336. The zero-order chi connectivity index (χ0) is 13.8. The van der Waals surface area contributed by atoms with Crippen LogP contribution in [0, 0.1) is 3.57 Å². The van der Waals surface area contributed by atoms with Crippen molar-refractivity contribution in [3.8, 4) is 0 Å². The van der Waals surface area contributed by atoms with E-state index in [4.69, 9.17) is 9.47 Å². The Morgan fingerprint density at radius 1 is 1.58 bits per heavy atom. The van der Waals surface area contributed by atoms with Crippen LogP contribution in [0.5, 0.6) is 0 Å². The largest absolute Gasteiger partial charge is 0.393 e. The van der Waals surface area contributed by atoms with Crippen molar-refractivity contribution >= 4 is 22.6 Å². The van der Waals surface area contributed by atoms with Gasteiger partial charge in [-0.2, -0.15) is 0 Å². The number of aromatic nitrogens is 2. The zero-order valence-corrected chi connectivity index (χ0v) is 11.7. The van der Waals surface area contributed by atoms with Gasteiger partial charge in [0.25, 0.3) is 5.56 Å². The van der Waals surface area contributed by atoms with Crippen molar-refractivity contribution in [2.24, 2.45) is 0 Å². The van der Waals surface area contributed by atoms with E-state index in [0.29, 0.717) is 3.57 Å². The summed E-state index contributed by atoms with van der Waals surface area (Å²) in [6.07, 6.45) is -1.28. The Hall–Kier alpha value is -0.750. The van der Waals surface area contributed by atoms with Gasteiger partial charge < -0.3 is 19.7 Å². The molecule has 2 bridgehead atoms. The Morgan fingerprint density at radius 3 is 2.95 bits per heavy atom. The van der Waals surface area contributed by atoms with E-state index in [0.717, 1.165) is 4.57 Å². The molecule has 3 N–H and O–H groups in total. The third-order valence-electron chi connectivity index (χ3n) is 3.47. The maximum atomic E-state index is 11.8. The number of aromatic amines is 1. The summed E-state index contributed by atoms with van der Waals surface area (Å²) in [4.78, 5) is 25.2. The lowest BCUT2D eigenvalue weighted by atomic mass is 10.0. The molecule has 8 nitrogen and oxygen atoms in total. The van der Waals surface area contributed by atoms with Gasteiger partial charge in [-0.05, 0) is 22.6 Å². The molecule has 2 aliphatic heterocycles. The highest BCUT2D eigenvalue weighted by molar-refractivity contribution is 14.1. The van der Waals surface area contributed by atoms with Gasteiger partial charge in [0.05, 0.1) is 16.8 Å². The molecule has 9 heteroatoms. The minimum absolute atomic E-state index is 0.0705. The van der Waals surface area contributed by atoms with E-state index in [1.165, 1.54) is 6.20 Å². The number of halogens is 1. The molecule has 0 amide bonds. The van der Waals surface area contributed by atoms with Crippen molar-refractivity contribution in [2.45, 2.75) is 24.0 Å². The summed E-state index contributed by atoms with van der Waals surface area (Å²) in [5.41, 5.74) is -2.33. The molecule has 104 valence electrons. The second kappa shape index (κ2) is 4.38. The second-order valence-corrected chi connectivity index (χ2v) is 5.76. The molecular formula is C10H11IN2O6. The lowest BCUT2D eigenvalue weighted by Gasteiger charge is -2.29. The van der Waals surface area contributed by atoms with Crippen molar-refractivity contribution in [3.05, 3.63) is 30.6 Å². The normalized spacial score (nSPS) is 36.9. The second-order valence-electron chi connectivity index (χ2n) is 4.60. The van der Waals surface area contributed by atoms with Crippen LogP contribution >= 0.6 is 22.6 Å². The summed E-state index contributed by atoms with van der Waals surface area (Å²) >= 11 is 1.79. The first kappa shape index (κ1) is 13.2. The molecule has 0 aliphatic carbocycles. The molecule has 2 fully saturated rings. The van der Waals surface area contributed by atoms with E-state index in [9.17, 15) is 19.8 Å². The summed E-state index contributed by atoms with van der Waals surface area (Å²) in [6, 6.07) is 0. The predicted octanol–water partition coefficient (Wildman–Crippen LogP) is -1.84. The Balaban J connectivity index is 2.04. The summed E-state index contributed by atoms with van der Waals surface area (Å²) in [5.74, 6) is 0. The lowest BCUT2D eigenvalue weighted by Crippen LogP contribution is -2.44. The fraction of sp³-hybridized carbons (Fsp3) is 0.600. The molecule has 4 atom stereocenters. The van der Waals surface area contributed by atoms with Gasteiger partial charge in [0.15, 0.2) is 6.23 Å². The number of fused-ring (bicyclic) bond motifs is 2. The van der Waals surface area contributed by atoms with Crippen LogP contribution in [0.3, 0.4) is 0 Å². The molecule has 0 saturated carbocycles. The number of nitrogens with zero attached hydrogens (tertiary/aromatic N) is 1. The molecule has 19 heavy (non-hydrogen) atoms. The molecule has 2 aliphatic rings. The summed E-state index contributed by atoms with van der Waals surface area (Å²) in [7, 11) is 0. The average molecular weight is 382 g/mol. The van der Waals surface area contributed by atoms with Crippen LogP contribution in [0.1, 0.15) is 6.23 Å². The van der Waals surface area contributed by atoms with E-state index in [-0.39, 0.29) is 6.61 Å². The van der Waals surface area contributed by atoms with Gasteiger partial charge in [-0.25, -0.2) is 4.79 Å². The van der Waals surface area contributed by atoms with Crippen LogP contribution in [0.15, 0.2) is 15.8 Å². The SMILES string of the molecule is O=c1[nH]c(=O)n([C@@H]2O[C@@]3(CO)CO[C@H]2C3O)cc1I. The molecule has 1 unspecified atom stereocenters. The molecular weight excluding hydrogens is 371 g/mol. The standard InChI is InChI=1S/C10H11IN2O6/c11-4-1-13(9(17)12-7(4)16)8-5-6(15)10(2-14,19-8)3-18-5/h1,5-6,8,14-15H,2-3H2,(H,12,16,17)/t5-,6?,8+,10-/m0/s1. The summed E-state index contributed by atoms with van der Waals surface area (Å²) < 4.78 is 12.4. The fourth-order valence-corrected chi connectivity index (χ4v) is 2.84. The third kappa shape index (κ3) is 1.80. The first-order valence-electron chi connectivity index (χ1n) is 5.58. The van der Waals surface area contributed by atoms with Crippen LogP contribution in [-0.4, -0.2) is 50.8 Å². The smallest absolute Gasteiger partial charge is 0.330 e. The Bertz CT molecular complexity index is 627. The number of rotatable bonds is 2. The number of hydrogen-bond donors (Lipinski definition) is 3. The van der Waals surface area contributed by atoms with Gasteiger partial charge in [-0.3, -0.25) is 14.3 Å². The maximum absolute atomic E-state index is 11.8. The van der Waals surface area contributed by atoms with Gasteiger partial charge >= 0.3 is 5.69 Å². The van der Waals surface area contributed by atoms with E-state index < -0.39 is 41.9 Å². The average Bonchev–Trinajstić information content (AvgIpc) is 2.85.